The van der Waals surface area contributed by atoms with Crippen molar-refractivity contribution in [1.29, 1.82) is 0 Å². The van der Waals surface area contributed by atoms with Crippen LogP contribution in [-0.2, 0) is 9.53 Å². The van der Waals surface area contributed by atoms with Gasteiger partial charge in [0, 0.05) is 17.4 Å². The molecule has 0 bridgehead atoms. The fourth-order valence-electron chi connectivity index (χ4n) is 1.75. The molecule has 0 aliphatic rings. The fourth-order valence-corrected chi connectivity index (χ4v) is 2.21. The highest BCUT2D eigenvalue weighted by Crippen LogP contribution is 2.15. The van der Waals surface area contributed by atoms with Crippen molar-refractivity contribution in [2.45, 2.75) is 32.6 Å². The molecule has 110 valence electrons. The molecular weight excluding hydrogens is 322 g/mol. The van der Waals surface area contributed by atoms with E-state index in [1.165, 1.54) is 0 Å². The number of benzene rings is 1. The van der Waals surface area contributed by atoms with Gasteiger partial charge in [-0.2, -0.15) is 0 Å². The van der Waals surface area contributed by atoms with Crippen molar-refractivity contribution in [2.75, 3.05) is 13.2 Å². The van der Waals surface area contributed by atoms with Crippen LogP contribution in [0.5, 0.6) is 0 Å². The van der Waals surface area contributed by atoms with Crippen molar-refractivity contribution in [1.82, 2.24) is 5.32 Å². The third kappa shape index (κ3) is 6.19. The Kier molecular flexibility index (Phi) is 7.95. The van der Waals surface area contributed by atoms with E-state index < -0.39 is 0 Å². The Labute approximate surface area is 128 Å². The van der Waals surface area contributed by atoms with Crippen LogP contribution in [0.4, 0.5) is 0 Å². The lowest BCUT2D eigenvalue weighted by Gasteiger charge is -2.06. The number of hydrogen-bond acceptors (Lipinski definition) is 3. The summed E-state index contributed by atoms with van der Waals surface area (Å²) in [6, 6.07) is 7.32. The zero-order chi connectivity index (χ0) is 14.8. The molecule has 4 nitrogen and oxygen atoms in total. The number of hydrogen-bond donors (Lipinski definition) is 1. The van der Waals surface area contributed by atoms with Crippen LogP contribution in [0.3, 0.4) is 0 Å². The molecule has 0 aliphatic carbocycles. The molecule has 20 heavy (non-hydrogen) atoms. The van der Waals surface area contributed by atoms with Gasteiger partial charge in [0.2, 0.25) is 0 Å². The molecule has 1 amide bonds. The normalized spacial score (nSPS) is 10.1. The second kappa shape index (κ2) is 9.53. The summed E-state index contributed by atoms with van der Waals surface area (Å²) >= 11 is 3.35. The molecule has 1 rings (SSSR count). The first kappa shape index (κ1) is 16.7. The SMILES string of the molecule is CCOC(=O)CCCCCNC(=O)c1ccccc1Br. The topological polar surface area (TPSA) is 55.4 Å². The molecule has 0 atom stereocenters. The summed E-state index contributed by atoms with van der Waals surface area (Å²) in [6.07, 6.45) is 3.00. The van der Waals surface area contributed by atoms with Gasteiger partial charge in [0.1, 0.15) is 0 Å². The molecule has 5 heteroatoms. The average molecular weight is 342 g/mol. The Morgan fingerprint density at radius 3 is 2.65 bits per heavy atom. The van der Waals surface area contributed by atoms with E-state index >= 15 is 0 Å². The lowest BCUT2D eigenvalue weighted by molar-refractivity contribution is -0.143. The molecule has 0 unspecified atom stereocenters. The fraction of sp³-hybridized carbons (Fsp3) is 0.467. The summed E-state index contributed by atoms with van der Waals surface area (Å²) in [7, 11) is 0. The Hall–Kier alpha value is -1.36. The van der Waals surface area contributed by atoms with Gasteiger partial charge < -0.3 is 10.1 Å². The van der Waals surface area contributed by atoms with E-state index in [1.54, 1.807) is 13.0 Å². The molecule has 1 aromatic rings. The van der Waals surface area contributed by atoms with Crippen LogP contribution in [0.2, 0.25) is 0 Å². The molecule has 1 N–H and O–H groups in total. The largest absolute Gasteiger partial charge is 0.466 e. The van der Waals surface area contributed by atoms with E-state index in [-0.39, 0.29) is 11.9 Å². The van der Waals surface area contributed by atoms with Crippen LogP contribution in [0, 0.1) is 0 Å². The monoisotopic (exact) mass is 341 g/mol. The molecular formula is C15H20BrNO3. The highest BCUT2D eigenvalue weighted by molar-refractivity contribution is 9.10. The van der Waals surface area contributed by atoms with Crippen molar-refractivity contribution in [2.24, 2.45) is 0 Å². The first-order valence-corrected chi connectivity index (χ1v) is 7.62. The third-order valence-corrected chi connectivity index (χ3v) is 3.46. The van der Waals surface area contributed by atoms with E-state index in [1.807, 2.05) is 18.2 Å². The molecule has 0 heterocycles. The minimum Gasteiger partial charge on any atom is -0.466 e. The van der Waals surface area contributed by atoms with Gasteiger partial charge in [-0.15, -0.1) is 0 Å². The van der Waals surface area contributed by atoms with Crippen LogP contribution in [0.15, 0.2) is 28.7 Å². The van der Waals surface area contributed by atoms with Crippen LogP contribution in [0.1, 0.15) is 43.0 Å². The summed E-state index contributed by atoms with van der Waals surface area (Å²) in [5, 5.41) is 2.87. The second-order valence-corrected chi connectivity index (χ2v) is 5.21. The van der Waals surface area contributed by atoms with Crippen molar-refractivity contribution >= 4 is 27.8 Å². The van der Waals surface area contributed by atoms with E-state index in [0.717, 1.165) is 23.7 Å². The quantitative estimate of drug-likeness (QED) is 0.583. The smallest absolute Gasteiger partial charge is 0.305 e. The Bertz CT molecular complexity index is 448. The number of halogens is 1. The summed E-state index contributed by atoms with van der Waals surface area (Å²) in [6.45, 7) is 2.85. The minimum atomic E-state index is -0.148. The number of amides is 1. The van der Waals surface area contributed by atoms with Gasteiger partial charge in [-0.25, -0.2) is 0 Å². The number of nitrogens with one attached hydrogen (secondary N) is 1. The Morgan fingerprint density at radius 1 is 1.20 bits per heavy atom. The first-order chi connectivity index (χ1) is 9.65. The predicted molar refractivity (Wildman–Crippen MR) is 81.6 cm³/mol. The van der Waals surface area contributed by atoms with Crippen LogP contribution < -0.4 is 5.32 Å². The number of carbonyl (C=O) groups excluding carboxylic acids is 2. The van der Waals surface area contributed by atoms with Gasteiger partial charge in [-0.1, -0.05) is 18.6 Å². The third-order valence-electron chi connectivity index (χ3n) is 2.77. The van der Waals surface area contributed by atoms with Gasteiger partial charge in [0.05, 0.1) is 12.2 Å². The molecule has 1 aromatic carbocycles. The number of carbonyl (C=O) groups is 2. The highest BCUT2D eigenvalue weighted by Gasteiger charge is 2.08. The maximum Gasteiger partial charge on any atom is 0.305 e. The molecule has 0 saturated carbocycles. The standard InChI is InChI=1S/C15H20BrNO3/c1-2-20-14(18)10-4-3-7-11-17-15(19)12-8-5-6-9-13(12)16/h5-6,8-9H,2-4,7,10-11H2,1H3,(H,17,19). The lowest BCUT2D eigenvalue weighted by Crippen LogP contribution is -2.24. The number of rotatable bonds is 8. The number of unbranched alkanes of at least 4 members (excludes halogenated alkanes) is 2. The van der Waals surface area contributed by atoms with Crippen LogP contribution in [0.25, 0.3) is 0 Å². The summed E-state index contributed by atoms with van der Waals surface area (Å²) in [5.74, 6) is -0.229. The van der Waals surface area contributed by atoms with Gasteiger partial charge in [-0.3, -0.25) is 9.59 Å². The van der Waals surface area contributed by atoms with Crippen molar-refractivity contribution in [3.05, 3.63) is 34.3 Å². The van der Waals surface area contributed by atoms with E-state index in [2.05, 4.69) is 21.2 Å². The molecule has 0 fully saturated rings. The first-order valence-electron chi connectivity index (χ1n) is 6.83. The highest BCUT2D eigenvalue weighted by atomic mass is 79.9. The zero-order valence-corrected chi connectivity index (χ0v) is 13.2. The molecule has 0 saturated heterocycles. The van der Waals surface area contributed by atoms with Crippen molar-refractivity contribution in [3.63, 3.8) is 0 Å². The second-order valence-electron chi connectivity index (χ2n) is 4.35. The zero-order valence-electron chi connectivity index (χ0n) is 11.7. The molecule has 0 aliphatic heterocycles. The Balaban J connectivity index is 2.14. The van der Waals surface area contributed by atoms with Gasteiger partial charge in [0.15, 0.2) is 0 Å². The van der Waals surface area contributed by atoms with Crippen LogP contribution >= 0.6 is 15.9 Å². The van der Waals surface area contributed by atoms with Gasteiger partial charge in [-0.05, 0) is 47.8 Å². The van der Waals surface area contributed by atoms with Gasteiger partial charge in [0.25, 0.3) is 5.91 Å². The van der Waals surface area contributed by atoms with Crippen LogP contribution in [-0.4, -0.2) is 25.0 Å². The number of ether oxygens (including phenoxy) is 1. The Morgan fingerprint density at radius 2 is 1.95 bits per heavy atom. The summed E-state index contributed by atoms with van der Waals surface area (Å²) < 4.78 is 5.64. The maximum absolute atomic E-state index is 11.9. The van der Waals surface area contributed by atoms with Gasteiger partial charge >= 0.3 is 5.97 Å². The number of esters is 1. The summed E-state index contributed by atoms with van der Waals surface area (Å²) in [5.41, 5.74) is 0.638. The molecule has 0 spiro atoms. The van der Waals surface area contributed by atoms with Crippen molar-refractivity contribution in [3.8, 4) is 0 Å². The maximum atomic E-state index is 11.9. The van der Waals surface area contributed by atoms with E-state index in [4.69, 9.17) is 4.74 Å². The van der Waals surface area contributed by atoms with E-state index in [9.17, 15) is 9.59 Å². The van der Waals surface area contributed by atoms with Crippen molar-refractivity contribution < 1.29 is 14.3 Å². The lowest BCUT2D eigenvalue weighted by atomic mass is 10.2. The summed E-state index contributed by atoms with van der Waals surface area (Å²) in [4.78, 5) is 23.0. The average Bonchev–Trinajstić information content (AvgIpc) is 2.43. The molecule has 0 aromatic heterocycles. The minimum absolute atomic E-state index is 0.0807. The van der Waals surface area contributed by atoms with E-state index in [0.29, 0.717) is 25.1 Å². The predicted octanol–water partition coefficient (Wildman–Crippen LogP) is 3.30. The molecule has 0 radical (unpaired) electrons.